The van der Waals surface area contributed by atoms with Crippen LogP contribution < -0.4 is 9.64 Å². The molecule has 0 spiro atoms. The van der Waals surface area contributed by atoms with E-state index in [0.29, 0.717) is 0 Å². The summed E-state index contributed by atoms with van der Waals surface area (Å²) >= 11 is 0. The number of ether oxygens (including phenoxy) is 1. The van der Waals surface area contributed by atoms with Crippen LogP contribution in [-0.4, -0.2) is 49.2 Å². The van der Waals surface area contributed by atoms with Gasteiger partial charge in [-0.25, -0.2) is 4.98 Å². The van der Waals surface area contributed by atoms with Crippen molar-refractivity contribution in [1.82, 2.24) is 9.88 Å². The number of hydrogen-bond acceptors (Lipinski definition) is 4. The van der Waals surface area contributed by atoms with Gasteiger partial charge in [-0.1, -0.05) is 36.4 Å². The molecule has 4 nitrogen and oxygen atoms in total. The summed E-state index contributed by atoms with van der Waals surface area (Å²) in [6.07, 6.45) is 1.86. The number of rotatable bonds is 5. The van der Waals surface area contributed by atoms with Gasteiger partial charge in [-0.15, -0.1) is 0 Å². The lowest BCUT2D eigenvalue weighted by Crippen LogP contribution is -2.47. The molecule has 0 N–H and O–H groups in total. The lowest BCUT2D eigenvalue weighted by Gasteiger charge is -2.35. The van der Waals surface area contributed by atoms with Gasteiger partial charge in [-0.3, -0.25) is 4.90 Å². The molecule has 1 fully saturated rings. The van der Waals surface area contributed by atoms with E-state index < -0.39 is 0 Å². The molecular formula is C21H23N3O. The zero-order valence-electron chi connectivity index (χ0n) is 14.3. The van der Waals surface area contributed by atoms with Crippen molar-refractivity contribution in [2.75, 3.05) is 44.2 Å². The van der Waals surface area contributed by atoms with Crippen LogP contribution >= 0.6 is 0 Å². The SMILES string of the molecule is c1ccc(N2CCN(CCOc3ccc4ccccc4c3)CC2)nc1. The Kier molecular flexibility index (Phi) is 4.79. The summed E-state index contributed by atoms with van der Waals surface area (Å²) in [6, 6.07) is 20.8. The topological polar surface area (TPSA) is 28.6 Å². The van der Waals surface area contributed by atoms with E-state index in [1.807, 2.05) is 18.3 Å². The fourth-order valence-electron chi connectivity index (χ4n) is 3.29. The van der Waals surface area contributed by atoms with Crippen molar-refractivity contribution in [3.8, 4) is 5.75 Å². The minimum atomic E-state index is 0.724. The smallest absolute Gasteiger partial charge is 0.128 e. The zero-order chi connectivity index (χ0) is 16.9. The molecular weight excluding hydrogens is 310 g/mol. The Balaban J connectivity index is 1.25. The molecule has 0 atom stereocenters. The Labute approximate surface area is 148 Å². The molecule has 1 aliphatic rings. The summed E-state index contributed by atoms with van der Waals surface area (Å²) in [5.74, 6) is 2.03. The van der Waals surface area contributed by atoms with Gasteiger partial charge < -0.3 is 9.64 Å². The molecule has 0 saturated carbocycles. The van der Waals surface area contributed by atoms with Crippen LogP contribution in [0.3, 0.4) is 0 Å². The molecule has 4 rings (SSSR count). The predicted molar refractivity (Wildman–Crippen MR) is 102 cm³/mol. The summed E-state index contributed by atoms with van der Waals surface area (Å²) in [4.78, 5) is 9.24. The Morgan fingerprint density at radius 1 is 0.840 bits per heavy atom. The summed E-state index contributed by atoms with van der Waals surface area (Å²) in [6.45, 7) is 5.83. The second kappa shape index (κ2) is 7.53. The first-order chi connectivity index (χ1) is 12.4. The van der Waals surface area contributed by atoms with Crippen molar-refractivity contribution < 1.29 is 4.74 Å². The predicted octanol–water partition coefficient (Wildman–Crippen LogP) is 3.44. The number of piperazine rings is 1. The van der Waals surface area contributed by atoms with Crippen molar-refractivity contribution in [2.45, 2.75) is 0 Å². The van der Waals surface area contributed by atoms with E-state index in [-0.39, 0.29) is 0 Å². The van der Waals surface area contributed by atoms with Gasteiger partial charge >= 0.3 is 0 Å². The van der Waals surface area contributed by atoms with E-state index in [2.05, 4.69) is 63.3 Å². The highest BCUT2D eigenvalue weighted by Gasteiger charge is 2.17. The molecule has 0 bridgehead atoms. The maximum atomic E-state index is 5.96. The van der Waals surface area contributed by atoms with E-state index in [4.69, 9.17) is 4.74 Å². The van der Waals surface area contributed by atoms with Gasteiger partial charge in [-0.2, -0.15) is 0 Å². The monoisotopic (exact) mass is 333 g/mol. The summed E-state index contributed by atoms with van der Waals surface area (Å²) in [5, 5.41) is 2.48. The number of hydrogen-bond donors (Lipinski definition) is 0. The van der Waals surface area contributed by atoms with Gasteiger partial charge in [0.05, 0.1) is 0 Å². The minimum Gasteiger partial charge on any atom is -0.492 e. The fraction of sp³-hybridized carbons (Fsp3) is 0.286. The average Bonchev–Trinajstić information content (AvgIpc) is 2.69. The van der Waals surface area contributed by atoms with Crippen molar-refractivity contribution in [3.05, 3.63) is 66.9 Å². The zero-order valence-corrected chi connectivity index (χ0v) is 14.3. The third kappa shape index (κ3) is 3.91. The van der Waals surface area contributed by atoms with Crippen LogP contribution in [0.15, 0.2) is 66.9 Å². The summed E-state index contributed by atoms with van der Waals surface area (Å²) < 4.78 is 5.96. The van der Waals surface area contributed by atoms with Gasteiger partial charge in [0.15, 0.2) is 0 Å². The molecule has 1 saturated heterocycles. The van der Waals surface area contributed by atoms with Gasteiger partial charge in [0.25, 0.3) is 0 Å². The van der Waals surface area contributed by atoms with Gasteiger partial charge in [-0.05, 0) is 35.0 Å². The van der Waals surface area contributed by atoms with Crippen LogP contribution in [0.4, 0.5) is 5.82 Å². The molecule has 0 amide bonds. The summed E-state index contributed by atoms with van der Waals surface area (Å²) in [5.41, 5.74) is 0. The quantitative estimate of drug-likeness (QED) is 0.715. The van der Waals surface area contributed by atoms with Crippen LogP contribution in [0.2, 0.25) is 0 Å². The molecule has 25 heavy (non-hydrogen) atoms. The number of benzene rings is 2. The lowest BCUT2D eigenvalue weighted by atomic mass is 10.1. The van der Waals surface area contributed by atoms with E-state index >= 15 is 0 Å². The normalized spacial score (nSPS) is 15.4. The van der Waals surface area contributed by atoms with Crippen molar-refractivity contribution >= 4 is 16.6 Å². The third-order valence-electron chi connectivity index (χ3n) is 4.74. The van der Waals surface area contributed by atoms with Crippen molar-refractivity contribution in [3.63, 3.8) is 0 Å². The first kappa shape index (κ1) is 15.9. The van der Waals surface area contributed by atoms with Crippen molar-refractivity contribution in [2.24, 2.45) is 0 Å². The third-order valence-corrected chi connectivity index (χ3v) is 4.74. The molecule has 2 aromatic carbocycles. The van der Waals surface area contributed by atoms with Crippen LogP contribution in [0, 0.1) is 0 Å². The minimum absolute atomic E-state index is 0.724. The van der Waals surface area contributed by atoms with Crippen LogP contribution in [-0.2, 0) is 0 Å². The number of anilines is 1. The van der Waals surface area contributed by atoms with E-state index in [1.165, 1.54) is 10.8 Å². The van der Waals surface area contributed by atoms with Crippen LogP contribution in [0.1, 0.15) is 0 Å². The van der Waals surface area contributed by atoms with E-state index in [1.54, 1.807) is 0 Å². The number of nitrogens with zero attached hydrogens (tertiary/aromatic N) is 3. The number of pyridine rings is 1. The average molecular weight is 333 g/mol. The molecule has 0 unspecified atom stereocenters. The standard InChI is InChI=1S/C21H23N3O/c1-2-6-19-17-20(9-8-18(19)5-1)25-16-15-23-11-13-24(14-12-23)21-7-3-4-10-22-21/h1-10,17H,11-16H2. The Bertz CT molecular complexity index is 813. The molecule has 1 aliphatic heterocycles. The van der Waals surface area contributed by atoms with Crippen LogP contribution in [0.5, 0.6) is 5.75 Å². The van der Waals surface area contributed by atoms with Crippen molar-refractivity contribution in [1.29, 1.82) is 0 Å². The molecule has 3 aromatic rings. The maximum absolute atomic E-state index is 5.96. The molecule has 4 heteroatoms. The molecule has 128 valence electrons. The molecule has 1 aromatic heterocycles. The highest BCUT2D eigenvalue weighted by atomic mass is 16.5. The second-order valence-corrected chi connectivity index (χ2v) is 6.37. The summed E-state index contributed by atoms with van der Waals surface area (Å²) in [7, 11) is 0. The van der Waals surface area contributed by atoms with Crippen LogP contribution in [0.25, 0.3) is 10.8 Å². The van der Waals surface area contributed by atoms with Gasteiger partial charge in [0.1, 0.15) is 18.2 Å². The van der Waals surface area contributed by atoms with Gasteiger partial charge in [0, 0.05) is 38.9 Å². The van der Waals surface area contributed by atoms with Gasteiger partial charge in [0.2, 0.25) is 0 Å². The highest BCUT2D eigenvalue weighted by Crippen LogP contribution is 2.20. The second-order valence-electron chi connectivity index (χ2n) is 6.37. The lowest BCUT2D eigenvalue weighted by molar-refractivity contribution is 0.200. The molecule has 0 radical (unpaired) electrons. The number of fused-ring (bicyclic) bond motifs is 1. The Hall–Kier alpha value is -2.59. The highest BCUT2D eigenvalue weighted by molar-refractivity contribution is 5.83. The first-order valence-electron chi connectivity index (χ1n) is 8.88. The molecule has 0 aliphatic carbocycles. The Morgan fingerprint density at radius 3 is 2.44 bits per heavy atom. The first-order valence-corrected chi connectivity index (χ1v) is 8.88. The Morgan fingerprint density at radius 2 is 1.64 bits per heavy atom. The molecule has 2 heterocycles. The number of aromatic nitrogens is 1. The van der Waals surface area contributed by atoms with E-state index in [0.717, 1.165) is 50.9 Å². The fourth-order valence-corrected chi connectivity index (χ4v) is 3.29. The van der Waals surface area contributed by atoms with E-state index in [9.17, 15) is 0 Å². The largest absolute Gasteiger partial charge is 0.492 e. The maximum Gasteiger partial charge on any atom is 0.128 e.